The second-order valence-corrected chi connectivity index (χ2v) is 16.9. The molecule has 3 heterocycles. The number of methoxy groups -OCH3 is 1. The van der Waals surface area contributed by atoms with Crippen LogP contribution < -0.4 is 15.0 Å². The van der Waals surface area contributed by atoms with E-state index in [1.54, 1.807) is 41.0 Å². The third-order valence-electron chi connectivity index (χ3n) is 9.37. The number of aliphatic hydroxyl groups is 1. The van der Waals surface area contributed by atoms with Crippen LogP contribution in [-0.4, -0.2) is 64.8 Å². The van der Waals surface area contributed by atoms with Gasteiger partial charge in [0.15, 0.2) is 13.9 Å². The van der Waals surface area contributed by atoms with Crippen LogP contribution in [0.3, 0.4) is 0 Å². The first kappa shape index (κ1) is 32.6. The first-order chi connectivity index (χ1) is 22.5. The highest BCUT2D eigenvalue weighted by atomic mass is 28.4. The van der Waals surface area contributed by atoms with E-state index in [2.05, 4.69) is 15.6 Å². The van der Waals surface area contributed by atoms with Gasteiger partial charge in [-0.25, -0.2) is 0 Å². The maximum Gasteiger partial charge on any atom is 0.264 e. The quantitative estimate of drug-likeness (QED) is 0.201. The first-order valence-electron chi connectivity index (χ1n) is 15.9. The Balaban J connectivity index is 1.25. The summed E-state index contributed by atoms with van der Waals surface area (Å²) in [7, 11) is -1.24. The first-order valence-corrected chi connectivity index (χ1v) is 18.9. The average Bonchev–Trinajstić information content (AvgIpc) is 3.70. The Morgan fingerprint density at radius 3 is 2.60 bits per heavy atom. The molecule has 2 aliphatic heterocycles. The summed E-state index contributed by atoms with van der Waals surface area (Å²) < 4.78 is 13.8. The van der Waals surface area contributed by atoms with Crippen LogP contribution in [0.4, 0.5) is 11.4 Å². The van der Waals surface area contributed by atoms with Crippen LogP contribution >= 0.6 is 0 Å². The number of amides is 2. The second kappa shape index (κ2) is 13.0. The Morgan fingerprint density at radius 1 is 1.11 bits per heavy atom. The number of nitrogens with one attached hydrogen (secondary N) is 1. The molecule has 1 fully saturated rings. The van der Waals surface area contributed by atoms with E-state index in [9.17, 15) is 19.5 Å². The summed E-state index contributed by atoms with van der Waals surface area (Å²) in [6.45, 7) is 6.62. The van der Waals surface area contributed by atoms with Crippen molar-refractivity contribution in [1.29, 1.82) is 0 Å². The molecular weight excluding hydrogens is 615 g/mol. The van der Waals surface area contributed by atoms with Gasteiger partial charge in [0.25, 0.3) is 11.8 Å². The average molecular weight is 656 g/mol. The van der Waals surface area contributed by atoms with Gasteiger partial charge >= 0.3 is 0 Å². The lowest BCUT2D eigenvalue weighted by atomic mass is 9.82. The Hall–Kier alpha value is -4.36. The number of aliphatic hydroxyl groups excluding tert-OH is 1. The fraction of sp³-hybridized carbons (Fsp3) is 0.371. The second-order valence-electron chi connectivity index (χ2n) is 12.9. The summed E-state index contributed by atoms with van der Waals surface area (Å²) in [6, 6.07) is 22.1. The number of para-hydroxylation sites is 1. The standard InChI is InChI=1S/C35H41N5O6Si/c1-23-32(47(3,4)44)31(16-18-39-22-27(17-19-41)37-38-39)46-35(23)29-10-5-6-11-30(29)40(34(35)43)21-24-8-7-9-26(20-24)36-33(42)25-12-14-28(45-2)15-13-25/h5-15,20,22-23,31-32,41,44H,16-19,21H2,1-4H3,(H,36,42)/t23-,31+,32-,35+/m1/s1. The predicted molar refractivity (Wildman–Crippen MR) is 180 cm³/mol. The van der Waals surface area contributed by atoms with Gasteiger partial charge in [-0.3, -0.25) is 14.3 Å². The predicted octanol–water partition coefficient (Wildman–Crippen LogP) is 4.51. The number of fused-ring (bicyclic) bond motifs is 2. The molecule has 1 aromatic heterocycles. The van der Waals surface area contributed by atoms with E-state index in [1.165, 1.54) is 0 Å². The molecule has 246 valence electrons. The number of hydrogen-bond donors (Lipinski definition) is 3. The minimum Gasteiger partial charge on any atom is -0.497 e. The van der Waals surface area contributed by atoms with Crippen molar-refractivity contribution < 1.29 is 29.0 Å². The van der Waals surface area contributed by atoms with E-state index in [-0.39, 0.29) is 42.5 Å². The third-order valence-corrected chi connectivity index (χ3v) is 11.9. The van der Waals surface area contributed by atoms with Crippen molar-refractivity contribution in [2.75, 3.05) is 23.9 Å². The van der Waals surface area contributed by atoms with E-state index >= 15 is 0 Å². The van der Waals surface area contributed by atoms with Gasteiger partial charge in [-0.1, -0.05) is 42.5 Å². The zero-order valence-electron chi connectivity index (χ0n) is 27.1. The van der Waals surface area contributed by atoms with Crippen LogP contribution in [0.1, 0.15) is 40.5 Å². The van der Waals surface area contributed by atoms with E-state index in [4.69, 9.17) is 9.47 Å². The van der Waals surface area contributed by atoms with Crippen molar-refractivity contribution in [2.24, 2.45) is 5.92 Å². The summed E-state index contributed by atoms with van der Waals surface area (Å²) in [6.07, 6.45) is 2.40. The molecule has 2 amide bonds. The zero-order valence-corrected chi connectivity index (χ0v) is 28.1. The van der Waals surface area contributed by atoms with Crippen molar-refractivity contribution in [1.82, 2.24) is 15.0 Å². The minimum absolute atomic E-state index is 0.00249. The SMILES string of the molecule is COc1ccc(C(=O)Nc2cccc(CN3C(=O)[C@@]4(O[C@@H](CCn5cc(CCO)nn5)[C@H]([Si](C)(C)O)[C@H]4C)c4ccccc43)c2)cc1. The van der Waals surface area contributed by atoms with Crippen LogP contribution in [-0.2, 0) is 34.6 Å². The van der Waals surface area contributed by atoms with Crippen LogP contribution in [0.25, 0.3) is 0 Å². The van der Waals surface area contributed by atoms with Crippen molar-refractivity contribution >= 4 is 31.5 Å². The maximum atomic E-state index is 14.7. The van der Waals surface area contributed by atoms with E-state index in [1.807, 2.05) is 74.7 Å². The molecule has 1 spiro atoms. The highest BCUT2D eigenvalue weighted by Crippen LogP contribution is 2.59. The number of carbonyl (C=O) groups excluding carboxylic acids is 2. The molecule has 0 unspecified atom stereocenters. The number of hydrogen-bond acceptors (Lipinski definition) is 8. The lowest BCUT2D eigenvalue weighted by molar-refractivity contribution is -0.146. The molecular formula is C35H41N5O6Si. The molecule has 1 saturated heterocycles. The van der Waals surface area contributed by atoms with Gasteiger partial charge in [-0.15, -0.1) is 5.10 Å². The Bertz CT molecular complexity index is 1760. The lowest BCUT2D eigenvalue weighted by Gasteiger charge is -2.32. The number of benzene rings is 3. The molecule has 3 N–H and O–H groups in total. The van der Waals surface area contributed by atoms with Crippen molar-refractivity contribution in [3.63, 3.8) is 0 Å². The minimum atomic E-state index is -2.81. The topological polar surface area (TPSA) is 139 Å². The lowest BCUT2D eigenvalue weighted by Crippen LogP contribution is -2.46. The molecule has 4 atom stereocenters. The van der Waals surface area contributed by atoms with Crippen molar-refractivity contribution in [2.45, 2.75) is 63.2 Å². The molecule has 0 saturated carbocycles. The smallest absolute Gasteiger partial charge is 0.264 e. The summed E-state index contributed by atoms with van der Waals surface area (Å²) in [5.74, 6) is -0.0184. The van der Waals surface area contributed by atoms with Crippen LogP contribution in [0.2, 0.25) is 18.6 Å². The molecule has 3 aromatic carbocycles. The molecule has 0 bridgehead atoms. The zero-order chi connectivity index (χ0) is 33.3. The number of rotatable bonds is 11. The van der Waals surface area contributed by atoms with Gasteiger partial charge in [-0.2, -0.15) is 0 Å². The molecule has 4 aromatic rings. The van der Waals surface area contributed by atoms with Gasteiger partial charge in [0.05, 0.1) is 31.1 Å². The van der Waals surface area contributed by atoms with E-state index in [0.29, 0.717) is 42.1 Å². The number of anilines is 2. The van der Waals surface area contributed by atoms with E-state index < -0.39 is 13.9 Å². The number of ether oxygens (including phenoxy) is 2. The van der Waals surface area contributed by atoms with Crippen LogP contribution in [0.5, 0.6) is 5.75 Å². The molecule has 2 aliphatic rings. The normalized spacial score (nSPS) is 22.1. The number of aryl methyl sites for hydroxylation is 1. The van der Waals surface area contributed by atoms with Gasteiger partial charge in [0, 0.05) is 54.0 Å². The Labute approximate surface area is 275 Å². The largest absolute Gasteiger partial charge is 0.497 e. The van der Waals surface area contributed by atoms with Gasteiger partial charge in [0.2, 0.25) is 0 Å². The monoisotopic (exact) mass is 655 g/mol. The fourth-order valence-electron chi connectivity index (χ4n) is 7.27. The molecule has 0 radical (unpaired) electrons. The maximum absolute atomic E-state index is 14.7. The highest BCUT2D eigenvalue weighted by Gasteiger charge is 2.66. The van der Waals surface area contributed by atoms with E-state index in [0.717, 1.165) is 16.8 Å². The number of carbonyl (C=O) groups is 2. The third kappa shape index (κ3) is 6.21. The summed E-state index contributed by atoms with van der Waals surface area (Å²) in [5.41, 5.74) is 2.79. The van der Waals surface area contributed by atoms with Gasteiger partial charge in [0.1, 0.15) is 5.75 Å². The van der Waals surface area contributed by atoms with Gasteiger partial charge in [-0.05, 0) is 67.5 Å². The summed E-state index contributed by atoms with van der Waals surface area (Å²) in [4.78, 5) is 40.9. The molecule has 11 nitrogen and oxygen atoms in total. The Morgan fingerprint density at radius 2 is 1.87 bits per heavy atom. The summed E-state index contributed by atoms with van der Waals surface area (Å²) >= 11 is 0. The Kier molecular flexibility index (Phi) is 9.03. The highest BCUT2D eigenvalue weighted by molar-refractivity contribution is 6.71. The van der Waals surface area contributed by atoms with Crippen LogP contribution in [0.15, 0.2) is 79.0 Å². The van der Waals surface area contributed by atoms with Crippen LogP contribution in [0, 0.1) is 5.92 Å². The molecule has 47 heavy (non-hydrogen) atoms. The molecule has 12 heteroatoms. The summed E-state index contributed by atoms with van der Waals surface area (Å²) in [5, 5.41) is 20.5. The number of nitrogens with zero attached hydrogens (tertiary/aromatic N) is 4. The van der Waals surface area contributed by atoms with Gasteiger partial charge < -0.3 is 29.6 Å². The fourth-order valence-corrected chi connectivity index (χ4v) is 9.87. The number of aromatic nitrogens is 3. The van der Waals surface area contributed by atoms with Crippen molar-refractivity contribution in [3.05, 3.63) is 101 Å². The molecule has 6 rings (SSSR count). The molecule has 0 aliphatic carbocycles. The van der Waals surface area contributed by atoms with Crippen molar-refractivity contribution in [3.8, 4) is 5.75 Å².